The minimum Gasteiger partial charge on any atom is -0.343 e. The summed E-state index contributed by atoms with van der Waals surface area (Å²) in [6.45, 7) is 3.43. The van der Waals surface area contributed by atoms with Crippen LogP contribution >= 0.6 is 0 Å². The second kappa shape index (κ2) is 5.97. The number of hydrogen-bond donors (Lipinski definition) is 2. The molecular weight excluding hydrogens is 154 g/mol. The van der Waals surface area contributed by atoms with Crippen molar-refractivity contribution in [2.24, 2.45) is 5.73 Å². The lowest BCUT2D eigenvalue weighted by molar-refractivity contribution is -0.131. The number of rotatable bonds is 5. The van der Waals surface area contributed by atoms with Gasteiger partial charge in [-0.3, -0.25) is 4.79 Å². The number of nitrogens with two attached hydrogens (primary N) is 1. The lowest BCUT2D eigenvalue weighted by Crippen LogP contribution is -2.43. The van der Waals surface area contributed by atoms with Gasteiger partial charge in [-0.1, -0.05) is 6.92 Å². The molecule has 0 heterocycles. The van der Waals surface area contributed by atoms with Crippen LogP contribution in [0, 0.1) is 0 Å². The lowest BCUT2D eigenvalue weighted by Gasteiger charge is -2.20. The molecule has 0 fully saturated rings. The van der Waals surface area contributed by atoms with Gasteiger partial charge in [-0.25, -0.2) is 0 Å². The van der Waals surface area contributed by atoms with Crippen molar-refractivity contribution in [3.05, 3.63) is 0 Å². The van der Waals surface area contributed by atoms with E-state index in [9.17, 15) is 4.79 Å². The van der Waals surface area contributed by atoms with Crippen molar-refractivity contribution >= 4 is 5.91 Å². The lowest BCUT2D eigenvalue weighted by atomic mass is 10.2. The molecule has 72 valence electrons. The van der Waals surface area contributed by atoms with Gasteiger partial charge in [0, 0.05) is 20.1 Å². The normalized spacial score (nSPS) is 12.7. The van der Waals surface area contributed by atoms with Crippen molar-refractivity contribution in [2.45, 2.75) is 19.4 Å². The van der Waals surface area contributed by atoms with E-state index < -0.39 is 0 Å². The molecule has 4 heteroatoms. The Morgan fingerprint density at radius 2 is 2.25 bits per heavy atom. The van der Waals surface area contributed by atoms with Crippen LogP contribution in [-0.4, -0.2) is 44.0 Å². The van der Waals surface area contributed by atoms with Gasteiger partial charge in [0.05, 0.1) is 6.04 Å². The Labute approximate surface area is 74.1 Å². The number of carbonyl (C=O) groups excluding carboxylic acids is 1. The minimum atomic E-state index is -0.341. The van der Waals surface area contributed by atoms with Crippen molar-refractivity contribution in [1.82, 2.24) is 10.2 Å². The third-order valence-corrected chi connectivity index (χ3v) is 1.83. The molecular formula is C8H19N3O. The second-order valence-electron chi connectivity index (χ2n) is 2.88. The molecule has 3 N–H and O–H groups in total. The average molecular weight is 173 g/mol. The summed E-state index contributed by atoms with van der Waals surface area (Å²) in [5.41, 5.74) is 5.58. The fourth-order valence-electron chi connectivity index (χ4n) is 0.847. The first-order valence-corrected chi connectivity index (χ1v) is 4.28. The van der Waals surface area contributed by atoms with E-state index in [1.807, 2.05) is 14.0 Å². The summed E-state index contributed by atoms with van der Waals surface area (Å²) in [6, 6.07) is -0.341. The van der Waals surface area contributed by atoms with Gasteiger partial charge in [-0.15, -0.1) is 0 Å². The first-order chi connectivity index (χ1) is 5.63. The van der Waals surface area contributed by atoms with Gasteiger partial charge < -0.3 is 16.0 Å². The smallest absolute Gasteiger partial charge is 0.239 e. The van der Waals surface area contributed by atoms with Crippen LogP contribution in [0.1, 0.15) is 13.3 Å². The Morgan fingerprint density at radius 1 is 1.67 bits per heavy atom. The zero-order chi connectivity index (χ0) is 9.56. The van der Waals surface area contributed by atoms with Crippen molar-refractivity contribution in [2.75, 3.05) is 27.2 Å². The monoisotopic (exact) mass is 173 g/mol. The van der Waals surface area contributed by atoms with Crippen LogP contribution in [0.4, 0.5) is 0 Å². The largest absolute Gasteiger partial charge is 0.343 e. The molecule has 0 aliphatic carbocycles. The topological polar surface area (TPSA) is 58.4 Å². The van der Waals surface area contributed by atoms with Crippen molar-refractivity contribution in [3.63, 3.8) is 0 Å². The van der Waals surface area contributed by atoms with Crippen molar-refractivity contribution in [1.29, 1.82) is 0 Å². The Balaban J connectivity index is 3.75. The van der Waals surface area contributed by atoms with Gasteiger partial charge in [0.25, 0.3) is 0 Å². The van der Waals surface area contributed by atoms with Gasteiger partial charge in [0.15, 0.2) is 0 Å². The van der Waals surface area contributed by atoms with E-state index in [-0.39, 0.29) is 11.9 Å². The van der Waals surface area contributed by atoms with Crippen LogP contribution in [0.2, 0.25) is 0 Å². The molecule has 12 heavy (non-hydrogen) atoms. The molecule has 0 saturated carbocycles. The quantitative estimate of drug-likeness (QED) is 0.584. The van der Waals surface area contributed by atoms with E-state index in [2.05, 4.69) is 5.32 Å². The molecule has 0 bridgehead atoms. The summed E-state index contributed by atoms with van der Waals surface area (Å²) in [7, 11) is 3.63. The molecule has 0 aromatic heterocycles. The van der Waals surface area contributed by atoms with Crippen LogP contribution < -0.4 is 11.1 Å². The molecule has 4 nitrogen and oxygen atoms in total. The highest BCUT2D eigenvalue weighted by atomic mass is 16.2. The maximum absolute atomic E-state index is 11.4. The Bertz CT molecular complexity index is 138. The number of hydrogen-bond acceptors (Lipinski definition) is 3. The fraction of sp³-hybridized carbons (Fsp3) is 0.875. The predicted octanol–water partition coefficient (Wildman–Crippen LogP) is -0.598. The van der Waals surface area contributed by atoms with E-state index >= 15 is 0 Å². The average Bonchev–Trinajstić information content (AvgIpc) is 2.11. The summed E-state index contributed by atoms with van der Waals surface area (Å²) < 4.78 is 0. The molecule has 0 saturated heterocycles. The van der Waals surface area contributed by atoms with Gasteiger partial charge in [0.2, 0.25) is 5.91 Å². The third kappa shape index (κ3) is 3.69. The second-order valence-corrected chi connectivity index (χ2v) is 2.88. The Hall–Kier alpha value is -0.610. The summed E-state index contributed by atoms with van der Waals surface area (Å²) in [5.74, 6) is 0.0211. The van der Waals surface area contributed by atoms with Crippen LogP contribution in [0.5, 0.6) is 0 Å². The number of nitrogens with zero attached hydrogens (tertiary/aromatic N) is 1. The molecule has 0 aromatic carbocycles. The summed E-state index contributed by atoms with van der Waals surface area (Å²) in [4.78, 5) is 13.0. The summed E-state index contributed by atoms with van der Waals surface area (Å²) in [6.07, 6.45) is 0.697. The molecule has 1 atom stereocenters. The first kappa shape index (κ1) is 11.4. The van der Waals surface area contributed by atoms with E-state index in [1.165, 1.54) is 0 Å². The highest BCUT2D eigenvalue weighted by Crippen LogP contribution is 1.92. The van der Waals surface area contributed by atoms with Crippen LogP contribution in [0.25, 0.3) is 0 Å². The summed E-state index contributed by atoms with van der Waals surface area (Å²) >= 11 is 0. The zero-order valence-electron chi connectivity index (χ0n) is 8.13. The highest BCUT2D eigenvalue weighted by molar-refractivity contribution is 5.81. The van der Waals surface area contributed by atoms with Crippen molar-refractivity contribution < 1.29 is 4.79 Å². The fourth-order valence-corrected chi connectivity index (χ4v) is 0.847. The zero-order valence-corrected chi connectivity index (χ0v) is 8.13. The standard InChI is InChI=1S/C8H19N3O/c1-4-7(9)8(12)11(3)6-5-10-2/h7,10H,4-6,9H2,1-3H3/t7-/m1/s1. The molecule has 0 rings (SSSR count). The molecule has 0 spiro atoms. The predicted molar refractivity (Wildman–Crippen MR) is 49.8 cm³/mol. The Kier molecular flexibility index (Phi) is 5.66. The maximum atomic E-state index is 11.4. The van der Waals surface area contributed by atoms with E-state index in [0.717, 1.165) is 6.54 Å². The Morgan fingerprint density at radius 3 is 2.67 bits per heavy atom. The molecule has 0 aromatic rings. The minimum absolute atomic E-state index is 0.0211. The van der Waals surface area contributed by atoms with Crippen molar-refractivity contribution in [3.8, 4) is 0 Å². The van der Waals surface area contributed by atoms with Gasteiger partial charge in [-0.2, -0.15) is 0 Å². The number of amides is 1. The van der Waals surface area contributed by atoms with Gasteiger partial charge >= 0.3 is 0 Å². The van der Waals surface area contributed by atoms with E-state index in [1.54, 1.807) is 11.9 Å². The number of nitrogens with one attached hydrogen (secondary N) is 1. The van der Waals surface area contributed by atoms with Gasteiger partial charge in [0.1, 0.15) is 0 Å². The molecule has 1 amide bonds. The third-order valence-electron chi connectivity index (χ3n) is 1.83. The maximum Gasteiger partial charge on any atom is 0.239 e. The number of carbonyl (C=O) groups is 1. The van der Waals surface area contributed by atoms with Crippen LogP contribution in [0.15, 0.2) is 0 Å². The first-order valence-electron chi connectivity index (χ1n) is 4.28. The van der Waals surface area contributed by atoms with Gasteiger partial charge in [-0.05, 0) is 13.5 Å². The van der Waals surface area contributed by atoms with E-state index in [4.69, 9.17) is 5.73 Å². The van der Waals surface area contributed by atoms with Crippen LogP contribution in [0.3, 0.4) is 0 Å². The van der Waals surface area contributed by atoms with Crippen LogP contribution in [-0.2, 0) is 4.79 Å². The molecule has 0 unspecified atom stereocenters. The highest BCUT2D eigenvalue weighted by Gasteiger charge is 2.14. The SMILES string of the molecule is CC[C@@H](N)C(=O)N(C)CCNC. The van der Waals surface area contributed by atoms with E-state index in [0.29, 0.717) is 13.0 Å². The molecule has 0 aliphatic heterocycles. The molecule has 0 radical (unpaired) electrons. The molecule has 0 aliphatic rings. The summed E-state index contributed by atoms with van der Waals surface area (Å²) in [5, 5.41) is 2.98. The number of likely N-dealkylation sites (N-methyl/N-ethyl adjacent to an activating group) is 2.